The average Bonchev–Trinajstić information content (AvgIpc) is 3.12. The largest absolute Gasteiger partial charge is 0.307 e. The zero-order valence-corrected chi connectivity index (χ0v) is 19.8. The fourth-order valence-electron chi connectivity index (χ4n) is 4.37. The number of fused-ring (bicyclic) bond motifs is 1. The summed E-state index contributed by atoms with van der Waals surface area (Å²) in [5.74, 6) is 0.744. The molecule has 0 bridgehead atoms. The Kier molecular flexibility index (Phi) is 5.50. The van der Waals surface area contributed by atoms with Gasteiger partial charge < -0.3 is 4.98 Å². The first-order chi connectivity index (χ1) is 15.6. The number of H-pyrrole nitrogens is 1. The normalized spacial score (nSPS) is 11.7. The van der Waals surface area contributed by atoms with Gasteiger partial charge in [-0.3, -0.25) is 4.79 Å². The minimum Gasteiger partial charge on any atom is -0.307 e. The van der Waals surface area contributed by atoms with Gasteiger partial charge in [0.25, 0.3) is 5.56 Å². The molecule has 5 rings (SSSR count). The van der Waals surface area contributed by atoms with E-state index in [1.54, 1.807) is 11.3 Å². The maximum Gasteiger partial charge on any atom is 0.260 e. The Morgan fingerprint density at radius 1 is 0.781 bits per heavy atom. The molecule has 5 heteroatoms. The van der Waals surface area contributed by atoms with Gasteiger partial charge in [-0.1, -0.05) is 54.6 Å². The molecule has 1 N–H and O–H groups in total. The van der Waals surface area contributed by atoms with Crippen molar-refractivity contribution >= 4 is 44.7 Å². The molecule has 0 aliphatic carbocycles. The van der Waals surface area contributed by atoms with Crippen LogP contribution in [-0.2, 0) is 6.16 Å². The molecule has 5 aromatic rings. The molecule has 0 unspecified atom stereocenters. The smallest absolute Gasteiger partial charge is 0.260 e. The van der Waals surface area contributed by atoms with Gasteiger partial charge in [0.05, 0.1) is 5.39 Å². The zero-order valence-electron chi connectivity index (χ0n) is 18.1. The Bertz CT molecular complexity index is 1330. The molecule has 0 spiro atoms. The Morgan fingerprint density at radius 2 is 1.25 bits per heavy atom. The monoisotopic (exact) mass is 455 g/mol. The van der Waals surface area contributed by atoms with Crippen LogP contribution in [0.2, 0.25) is 0 Å². The first-order valence-corrected chi connectivity index (χ1v) is 13.4. The Labute approximate surface area is 192 Å². The Hall–Kier alpha value is -3.07. The molecule has 0 radical (unpaired) electrons. The van der Waals surface area contributed by atoms with Gasteiger partial charge >= 0.3 is 0 Å². The van der Waals surface area contributed by atoms with E-state index in [1.807, 2.05) is 6.92 Å². The number of hydrogen-bond acceptors (Lipinski definition) is 3. The Morgan fingerprint density at radius 3 is 1.72 bits per heavy atom. The van der Waals surface area contributed by atoms with Gasteiger partial charge in [-0.15, -0.1) is 11.3 Å². The van der Waals surface area contributed by atoms with E-state index in [1.165, 1.54) is 15.9 Å². The summed E-state index contributed by atoms with van der Waals surface area (Å²) in [5, 5.41) is 4.55. The van der Waals surface area contributed by atoms with Crippen molar-refractivity contribution < 1.29 is 0 Å². The molecule has 158 valence electrons. The maximum absolute atomic E-state index is 13.1. The first-order valence-electron chi connectivity index (χ1n) is 10.6. The summed E-state index contributed by atoms with van der Waals surface area (Å²) in [7, 11) is -2.11. The van der Waals surface area contributed by atoms with Crippen molar-refractivity contribution in [2.75, 3.05) is 0 Å². The zero-order chi connectivity index (χ0) is 22.1. The predicted octanol–water partition coefficient (Wildman–Crippen LogP) is 5.10. The lowest BCUT2D eigenvalue weighted by molar-refractivity contribution is 1.04. The summed E-state index contributed by atoms with van der Waals surface area (Å²) in [6.07, 6.45) is 0.659. The lowest BCUT2D eigenvalue weighted by Crippen LogP contribution is -2.33. The summed E-state index contributed by atoms with van der Waals surface area (Å²) in [5.41, 5.74) is 0.986. The van der Waals surface area contributed by atoms with Crippen LogP contribution in [0.3, 0.4) is 0 Å². The number of aryl methyl sites for hydroxylation is 2. The van der Waals surface area contributed by atoms with E-state index in [0.717, 1.165) is 26.5 Å². The van der Waals surface area contributed by atoms with Gasteiger partial charge in [0.2, 0.25) is 0 Å². The second-order valence-corrected chi connectivity index (χ2v) is 12.6. The molecule has 0 aliphatic rings. The fraction of sp³-hybridized carbons (Fsp3) is 0.111. The van der Waals surface area contributed by atoms with E-state index in [0.29, 0.717) is 6.16 Å². The van der Waals surface area contributed by atoms with Crippen LogP contribution in [-0.4, -0.2) is 9.97 Å². The third-order valence-electron chi connectivity index (χ3n) is 6.07. The van der Waals surface area contributed by atoms with Crippen molar-refractivity contribution in [1.29, 1.82) is 0 Å². The molecule has 32 heavy (non-hydrogen) atoms. The molecule has 0 amide bonds. The fourth-order valence-corrected chi connectivity index (χ4v) is 9.50. The lowest BCUT2D eigenvalue weighted by Gasteiger charge is -2.27. The van der Waals surface area contributed by atoms with Crippen LogP contribution in [0.25, 0.3) is 10.2 Å². The number of hydrogen-bond donors (Lipinski definition) is 1. The Balaban J connectivity index is 1.79. The van der Waals surface area contributed by atoms with Crippen molar-refractivity contribution in [3.8, 4) is 0 Å². The third kappa shape index (κ3) is 3.50. The number of thiophene rings is 1. The summed E-state index contributed by atoms with van der Waals surface area (Å²) in [6, 6.07) is 32.0. The van der Waals surface area contributed by atoms with Crippen LogP contribution in [0.15, 0.2) is 95.8 Å². The van der Waals surface area contributed by atoms with Crippen LogP contribution in [0.1, 0.15) is 16.3 Å². The highest BCUT2D eigenvalue weighted by Gasteiger charge is 2.46. The van der Waals surface area contributed by atoms with Gasteiger partial charge in [-0.05, 0) is 55.8 Å². The van der Waals surface area contributed by atoms with E-state index in [9.17, 15) is 4.79 Å². The highest BCUT2D eigenvalue weighted by atomic mass is 32.1. The number of aromatic amines is 1. The van der Waals surface area contributed by atoms with Crippen LogP contribution in [0, 0.1) is 13.8 Å². The van der Waals surface area contributed by atoms with Crippen molar-refractivity contribution in [2.24, 2.45) is 0 Å². The SMILES string of the molecule is Cc1sc2nc(C[P+](c3ccccc3)(c3ccccc3)c3ccccc3)[nH]c(=O)c2c1C. The molecule has 3 nitrogen and oxygen atoms in total. The number of nitrogens with zero attached hydrogens (tertiary/aromatic N) is 1. The van der Waals surface area contributed by atoms with Crippen LogP contribution < -0.4 is 21.5 Å². The predicted molar refractivity (Wildman–Crippen MR) is 139 cm³/mol. The second-order valence-electron chi connectivity index (χ2n) is 7.95. The average molecular weight is 456 g/mol. The van der Waals surface area contributed by atoms with E-state index in [-0.39, 0.29) is 5.56 Å². The molecular weight excluding hydrogens is 431 g/mol. The summed E-state index contributed by atoms with van der Waals surface area (Å²) in [4.78, 5) is 23.1. The first kappa shape index (κ1) is 20.8. The quantitative estimate of drug-likeness (QED) is 0.375. The molecule has 0 fully saturated rings. The number of benzene rings is 3. The number of rotatable bonds is 5. The summed E-state index contributed by atoms with van der Waals surface area (Å²) < 4.78 is 0. The number of nitrogens with one attached hydrogen (secondary N) is 1. The van der Waals surface area contributed by atoms with Crippen LogP contribution >= 0.6 is 18.6 Å². The molecular formula is C27H24N2OPS+. The van der Waals surface area contributed by atoms with E-state index in [4.69, 9.17) is 4.98 Å². The van der Waals surface area contributed by atoms with Crippen molar-refractivity contribution in [2.45, 2.75) is 20.0 Å². The van der Waals surface area contributed by atoms with Crippen molar-refractivity contribution in [1.82, 2.24) is 9.97 Å². The topological polar surface area (TPSA) is 45.8 Å². The van der Waals surface area contributed by atoms with Gasteiger partial charge in [0.1, 0.15) is 40.0 Å². The standard InChI is InChI=1S/C27H23N2OPS/c1-19-20(2)32-27-25(19)26(30)28-24(29-27)18-31(21-12-6-3-7-13-21,22-14-8-4-9-15-22)23-16-10-5-11-17-23/h3-17H,18H2,1-2H3/p+1. The van der Waals surface area contributed by atoms with E-state index >= 15 is 0 Å². The van der Waals surface area contributed by atoms with Crippen molar-refractivity contribution in [3.05, 3.63) is 118 Å². The third-order valence-corrected chi connectivity index (χ3v) is 11.5. The maximum atomic E-state index is 13.1. The summed E-state index contributed by atoms with van der Waals surface area (Å²) in [6.45, 7) is 4.05. The van der Waals surface area contributed by atoms with Gasteiger partial charge in [0.15, 0.2) is 0 Å². The van der Waals surface area contributed by atoms with Crippen LogP contribution in [0.5, 0.6) is 0 Å². The molecule has 0 aliphatic heterocycles. The van der Waals surface area contributed by atoms with Crippen LogP contribution in [0.4, 0.5) is 0 Å². The molecule has 0 saturated carbocycles. The van der Waals surface area contributed by atoms with Gasteiger partial charge in [-0.25, -0.2) is 4.98 Å². The molecule has 2 aromatic heterocycles. The summed E-state index contributed by atoms with van der Waals surface area (Å²) >= 11 is 1.60. The minimum absolute atomic E-state index is 0.0425. The van der Waals surface area contributed by atoms with E-state index < -0.39 is 7.26 Å². The molecule has 0 atom stereocenters. The highest BCUT2D eigenvalue weighted by molar-refractivity contribution is 7.95. The number of aromatic nitrogens is 2. The van der Waals surface area contributed by atoms with E-state index in [2.05, 4.69) is 103 Å². The second kappa shape index (κ2) is 8.46. The van der Waals surface area contributed by atoms with Gasteiger partial charge in [-0.2, -0.15) is 0 Å². The van der Waals surface area contributed by atoms with Gasteiger partial charge in [0, 0.05) is 4.88 Å². The molecule has 3 aromatic carbocycles. The van der Waals surface area contributed by atoms with Crippen molar-refractivity contribution in [3.63, 3.8) is 0 Å². The molecule has 2 heterocycles. The lowest BCUT2D eigenvalue weighted by atomic mass is 10.2. The molecule has 0 saturated heterocycles. The minimum atomic E-state index is -2.11. The highest BCUT2D eigenvalue weighted by Crippen LogP contribution is 2.57.